The van der Waals surface area contributed by atoms with Crippen LogP contribution in [0.2, 0.25) is 0 Å². The molecule has 4 nitrogen and oxygen atoms in total. The van der Waals surface area contributed by atoms with Crippen molar-refractivity contribution in [2.75, 3.05) is 24.6 Å². The summed E-state index contributed by atoms with van der Waals surface area (Å²) >= 11 is 0. The van der Waals surface area contributed by atoms with Gasteiger partial charge in [0.25, 0.3) is 0 Å². The summed E-state index contributed by atoms with van der Waals surface area (Å²) in [4.78, 5) is 5.70. The van der Waals surface area contributed by atoms with Crippen molar-refractivity contribution in [3.05, 3.63) is 72.8 Å². The number of hydrogen-bond acceptors (Lipinski definition) is 3. The number of aliphatic hydroxyl groups excluding tert-OH is 1. The lowest BCUT2D eigenvalue weighted by molar-refractivity contribution is 0.112. The minimum atomic E-state index is -0.564. The number of hydrogen-bond donors (Lipinski definition) is 2. The number of ether oxygens (including phenoxy) is 1. The highest BCUT2D eigenvalue weighted by Crippen LogP contribution is 2.29. The first-order chi connectivity index (χ1) is 13.7. The molecule has 3 aromatic carbocycles. The van der Waals surface area contributed by atoms with Crippen molar-refractivity contribution in [1.29, 1.82) is 0 Å². The molecule has 144 valence electrons. The molecule has 4 heteroatoms. The fourth-order valence-corrected chi connectivity index (χ4v) is 3.64. The molecule has 0 saturated carbocycles. The zero-order chi connectivity index (χ0) is 19.3. The van der Waals surface area contributed by atoms with Crippen molar-refractivity contribution in [2.45, 2.75) is 19.4 Å². The van der Waals surface area contributed by atoms with Gasteiger partial charge in [0, 0.05) is 40.6 Å². The molecule has 0 aliphatic carbocycles. The Labute approximate surface area is 165 Å². The van der Waals surface area contributed by atoms with E-state index in [9.17, 15) is 5.11 Å². The zero-order valence-electron chi connectivity index (χ0n) is 16.1. The number of aromatic amines is 1. The van der Waals surface area contributed by atoms with Gasteiger partial charge in [-0.3, -0.25) is 0 Å². The molecule has 2 N–H and O–H groups in total. The Morgan fingerprint density at radius 2 is 1.68 bits per heavy atom. The highest BCUT2D eigenvalue weighted by Gasteiger charge is 2.14. The fraction of sp³-hybridized carbons (Fsp3) is 0.250. The monoisotopic (exact) mass is 374 g/mol. The van der Waals surface area contributed by atoms with Crippen molar-refractivity contribution in [2.24, 2.45) is 0 Å². The van der Waals surface area contributed by atoms with E-state index in [4.69, 9.17) is 4.74 Å². The number of anilines is 1. The summed E-state index contributed by atoms with van der Waals surface area (Å²) in [6.45, 7) is 3.86. The average Bonchev–Trinajstić information content (AvgIpc) is 3.10. The molecule has 4 aromatic rings. The topological polar surface area (TPSA) is 48.5 Å². The molecule has 0 bridgehead atoms. The normalized spacial score (nSPS) is 12.4. The van der Waals surface area contributed by atoms with E-state index in [0.717, 1.165) is 35.4 Å². The molecule has 0 radical (unpaired) electrons. The summed E-state index contributed by atoms with van der Waals surface area (Å²) in [6.07, 6.45) is 0.448. The molecule has 4 rings (SSSR count). The standard InChI is InChI=1S/C24H26N2O2/c1-2-14-26(16-19(27)17-28-20-8-4-3-5-9-20)18-12-13-24-22(15-18)21-10-6-7-11-23(21)25-24/h3-13,15,19,25,27H,2,14,16-17H2,1H3. The first-order valence-electron chi connectivity index (χ1n) is 9.86. The number of fused-ring (bicyclic) bond motifs is 3. The van der Waals surface area contributed by atoms with Crippen LogP contribution in [0, 0.1) is 0 Å². The van der Waals surface area contributed by atoms with Gasteiger partial charge in [-0.25, -0.2) is 0 Å². The van der Waals surface area contributed by atoms with Gasteiger partial charge < -0.3 is 19.7 Å². The van der Waals surface area contributed by atoms with E-state index < -0.39 is 6.10 Å². The lowest BCUT2D eigenvalue weighted by atomic mass is 10.1. The van der Waals surface area contributed by atoms with Crippen molar-refractivity contribution in [3.63, 3.8) is 0 Å². The minimum Gasteiger partial charge on any atom is -0.491 e. The van der Waals surface area contributed by atoms with Crippen LogP contribution in [-0.2, 0) is 0 Å². The van der Waals surface area contributed by atoms with Gasteiger partial charge in [-0.15, -0.1) is 0 Å². The number of nitrogens with one attached hydrogen (secondary N) is 1. The average molecular weight is 374 g/mol. The Morgan fingerprint density at radius 3 is 2.50 bits per heavy atom. The van der Waals surface area contributed by atoms with E-state index in [1.54, 1.807) is 0 Å². The Kier molecular flexibility index (Phi) is 5.49. The third-order valence-corrected chi connectivity index (χ3v) is 4.97. The van der Waals surface area contributed by atoms with Gasteiger partial charge in [-0.05, 0) is 42.8 Å². The van der Waals surface area contributed by atoms with Crippen molar-refractivity contribution in [1.82, 2.24) is 4.98 Å². The first-order valence-corrected chi connectivity index (χ1v) is 9.86. The number of aromatic nitrogens is 1. The van der Waals surface area contributed by atoms with E-state index in [1.807, 2.05) is 36.4 Å². The molecule has 0 fully saturated rings. The van der Waals surface area contributed by atoms with E-state index in [-0.39, 0.29) is 6.61 Å². The van der Waals surface area contributed by atoms with Crippen LogP contribution >= 0.6 is 0 Å². The van der Waals surface area contributed by atoms with E-state index in [2.05, 4.69) is 53.2 Å². The second-order valence-corrected chi connectivity index (χ2v) is 7.12. The number of aliphatic hydroxyl groups is 1. The smallest absolute Gasteiger partial charge is 0.119 e. The molecule has 0 aliphatic rings. The molecule has 0 saturated heterocycles. The van der Waals surface area contributed by atoms with Crippen LogP contribution < -0.4 is 9.64 Å². The molecule has 1 heterocycles. The van der Waals surface area contributed by atoms with Gasteiger partial charge in [0.05, 0.1) is 0 Å². The maximum Gasteiger partial charge on any atom is 0.119 e. The van der Waals surface area contributed by atoms with Crippen LogP contribution in [-0.4, -0.2) is 35.9 Å². The summed E-state index contributed by atoms with van der Waals surface area (Å²) in [5.41, 5.74) is 3.40. The zero-order valence-corrected chi connectivity index (χ0v) is 16.1. The molecular formula is C24H26N2O2. The Hall–Kier alpha value is -2.98. The summed E-state index contributed by atoms with van der Waals surface area (Å²) in [5, 5.41) is 13.0. The molecule has 1 atom stereocenters. The largest absolute Gasteiger partial charge is 0.491 e. The van der Waals surface area contributed by atoms with Gasteiger partial charge in [-0.1, -0.05) is 43.3 Å². The van der Waals surface area contributed by atoms with Crippen LogP contribution in [0.1, 0.15) is 13.3 Å². The maximum atomic E-state index is 10.5. The number of para-hydroxylation sites is 2. The number of benzene rings is 3. The number of rotatable bonds is 8. The van der Waals surface area contributed by atoms with Crippen LogP contribution in [0.4, 0.5) is 5.69 Å². The van der Waals surface area contributed by atoms with Gasteiger partial charge in [0.15, 0.2) is 0 Å². The molecule has 1 aromatic heterocycles. The second kappa shape index (κ2) is 8.36. The molecule has 0 aliphatic heterocycles. The fourth-order valence-electron chi connectivity index (χ4n) is 3.64. The second-order valence-electron chi connectivity index (χ2n) is 7.12. The first kappa shape index (κ1) is 18.4. The minimum absolute atomic E-state index is 0.277. The highest BCUT2D eigenvalue weighted by atomic mass is 16.5. The Balaban J connectivity index is 1.52. The highest BCUT2D eigenvalue weighted by molar-refractivity contribution is 6.08. The van der Waals surface area contributed by atoms with Gasteiger partial charge in [0.1, 0.15) is 18.5 Å². The lowest BCUT2D eigenvalue weighted by Gasteiger charge is -2.27. The third kappa shape index (κ3) is 3.97. The SMILES string of the molecule is CCCN(CC(O)COc1ccccc1)c1ccc2[nH]c3ccccc3c2c1. The molecule has 0 spiro atoms. The van der Waals surface area contributed by atoms with Crippen molar-refractivity contribution in [3.8, 4) is 5.75 Å². The quantitative estimate of drug-likeness (QED) is 0.457. The third-order valence-electron chi connectivity index (χ3n) is 4.97. The molecule has 28 heavy (non-hydrogen) atoms. The van der Waals surface area contributed by atoms with Crippen molar-refractivity contribution < 1.29 is 9.84 Å². The van der Waals surface area contributed by atoms with Crippen LogP contribution in [0.15, 0.2) is 72.8 Å². The molecule has 1 unspecified atom stereocenters. The molecular weight excluding hydrogens is 348 g/mol. The van der Waals surface area contributed by atoms with Gasteiger partial charge in [0.2, 0.25) is 0 Å². The Bertz CT molecular complexity index is 1040. The molecule has 0 amide bonds. The Morgan fingerprint density at radius 1 is 0.929 bits per heavy atom. The van der Waals surface area contributed by atoms with Gasteiger partial charge >= 0.3 is 0 Å². The predicted octanol–water partition coefficient (Wildman–Crippen LogP) is 4.98. The lowest BCUT2D eigenvalue weighted by Crippen LogP contribution is -2.36. The summed E-state index contributed by atoms with van der Waals surface area (Å²) < 4.78 is 5.72. The van der Waals surface area contributed by atoms with Crippen molar-refractivity contribution >= 4 is 27.5 Å². The van der Waals surface area contributed by atoms with Gasteiger partial charge in [-0.2, -0.15) is 0 Å². The van der Waals surface area contributed by atoms with E-state index >= 15 is 0 Å². The number of nitrogens with zero attached hydrogens (tertiary/aromatic N) is 1. The van der Waals surface area contributed by atoms with E-state index in [1.165, 1.54) is 10.8 Å². The summed E-state index contributed by atoms with van der Waals surface area (Å²) in [7, 11) is 0. The van der Waals surface area contributed by atoms with Crippen LogP contribution in [0.25, 0.3) is 21.8 Å². The van der Waals surface area contributed by atoms with Crippen LogP contribution in [0.3, 0.4) is 0 Å². The summed E-state index contributed by atoms with van der Waals surface area (Å²) in [5.74, 6) is 0.781. The van der Waals surface area contributed by atoms with Crippen LogP contribution in [0.5, 0.6) is 5.75 Å². The number of H-pyrrole nitrogens is 1. The maximum absolute atomic E-state index is 10.5. The van der Waals surface area contributed by atoms with E-state index in [0.29, 0.717) is 6.54 Å². The predicted molar refractivity (Wildman–Crippen MR) is 116 cm³/mol. The summed E-state index contributed by atoms with van der Waals surface area (Å²) in [6, 6.07) is 24.4.